The number of rotatable bonds is 6. The summed E-state index contributed by atoms with van der Waals surface area (Å²) in [5, 5.41) is 0. The molecule has 6 nitrogen and oxygen atoms in total. The standard InChI is InChI=1S/C28H20N2O4S/c31-27-23-13-7-8-14-24(23)28(32)26(25(27)29-35(33,34)22-11-5-2-6-12-22)30-17-15-21(16-18-30)19-20-9-3-1-4-10-20/h1-18H,19H2/p+1. The number of nitrogens with one attached hydrogen (secondary N) is 1. The first kappa shape index (κ1) is 22.4. The number of carbonyl (C=O) groups is 2. The molecule has 0 amide bonds. The fraction of sp³-hybridized carbons (Fsp3) is 0.0357. The van der Waals surface area contributed by atoms with Crippen molar-refractivity contribution in [3.63, 3.8) is 0 Å². The second-order valence-corrected chi connectivity index (χ2v) is 9.80. The molecule has 0 radical (unpaired) electrons. The maximum atomic E-state index is 13.5. The van der Waals surface area contributed by atoms with Crippen LogP contribution in [0.1, 0.15) is 31.8 Å². The largest absolute Gasteiger partial charge is 0.287 e. The van der Waals surface area contributed by atoms with Gasteiger partial charge in [-0.15, -0.1) is 0 Å². The number of ketones is 2. The topological polar surface area (TPSA) is 84.2 Å². The highest BCUT2D eigenvalue weighted by atomic mass is 32.2. The Labute approximate surface area is 203 Å². The van der Waals surface area contributed by atoms with E-state index in [1.807, 2.05) is 42.5 Å². The molecule has 1 aliphatic rings. The number of allylic oxidation sites excluding steroid dienone is 2. The summed E-state index contributed by atoms with van der Waals surface area (Å²) in [5.74, 6) is -0.998. The van der Waals surface area contributed by atoms with Gasteiger partial charge in [0, 0.05) is 23.3 Å². The second-order valence-electron chi connectivity index (χ2n) is 8.12. The third kappa shape index (κ3) is 4.41. The van der Waals surface area contributed by atoms with Crippen LogP contribution in [-0.4, -0.2) is 20.0 Å². The Kier molecular flexibility index (Phi) is 5.84. The molecule has 7 heteroatoms. The number of pyridine rings is 1. The van der Waals surface area contributed by atoms with E-state index in [4.69, 9.17) is 0 Å². The number of aromatic nitrogens is 1. The van der Waals surface area contributed by atoms with Crippen molar-refractivity contribution in [3.8, 4) is 0 Å². The molecule has 1 aliphatic carbocycles. The normalized spacial score (nSPS) is 13.5. The highest BCUT2D eigenvalue weighted by molar-refractivity contribution is 7.89. The fourth-order valence-electron chi connectivity index (χ4n) is 4.05. The maximum absolute atomic E-state index is 13.5. The molecule has 3 aromatic carbocycles. The van der Waals surface area contributed by atoms with Gasteiger partial charge in [0.05, 0.1) is 4.90 Å². The Morgan fingerprint density at radius 3 is 1.77 bits per heavy atom. The monoisotopic (exact) mass is 481 g/mol. The molecule has 0 saturated carbocycles. The number of carbonyl (C=O) groups excluding carboxylic acids is 2. The Hall–Kier alpha value is -4.36. The first-order valence-corrected chi connectivity index (χ1v) is 12.5. The molecule has 0 fully saturated rings. The number of hydrogen-bond donors (Lipinski definition) is 1. The molecule has 1 N–H and O–H groups in total. The first-order valence-electron chi connectivity index (χ1n) is 11.0. The average molecular weight is 482 g/mol. The van der Waals surface area contributed by atoms with Crippen molar-refractivity contribution in [1.82, 2.24) is 4.72 Å². The van der Waals surface area contributed by atoms with Gasteiger partial charge in [0.25, 0.3) is 21.5 Å². The number of hydrogen-bond acceptors (Lipinski definition) is 4. The first-order chi connectivity index (χ1) is 16.9. The molecule has 1 aromatic heterocycles. The molecular formula is C28H21N2O4S+. The number of benzene rings is 3. The highest BCUT2D eigenvalue weighted by Crippen LogP contribution is 2.26. The van der Waals surface area contributed by atoms with E-state index >= 15 is 0 Å². The molecule has 0 aliphatic heterocycles. The minimum Gasteiger partial charge on any atom is -0.287 e. The van der Waals surface area contributed by atoms with Gasteiger partial charge in [-0.2, -0.15) is 4.57 Å². The summed E-state index contributed by atoms with van der Waals surface area (Å²) in [6.45, 7) is 0. The van der Waals surface area contributed by atoms with Crippen LogP contribution in [0.2, 0.25) is 0 Å². The summed E-state index contributed by atoms with van der Waals surface area (Å²) in [6, 6.07) is 27.8. The number of Topliss-reactive ketones (excluding diaryl/α,β-unsaturated/α-hetero) is 2. The van der Waals surface area contributed by atoms with Crippen LogP contribution in [0.25, 0.3) is 5.70 Å². The van der Waals surface area contributed by atoms with Crippen molar-refractivity contribution < 1.29 is 22.6 Å². The van der Waals surface area contributed by atoms with E-state index in [0.29, 0.717) is 6.42 Å². The van der Waals surface area contributed by atoms with E-state index in [2.05, 4.69) is 4.72 Å². The quantitative estimate of drug-likeness (QED) is 0.425. The fourth-order valence-corrected chi connectivity index (χ4v) is 5.14. The summed E-state index contributed by atoms with van der Waals surface area (Å²) < 4.78 is 30.1. The lowest BCUT2D eigenvalue weighted by Crippen LogP contribution is -2.44. The van der Waals surface area contributed by atoms with Gasteiger partial charge in [0.15, 0.2) is 18.1 Å². The van der Waals surface area contributed by atoms with Crippen LogP contribution in [0.3, 0.4) is 0 Å². The Bertz CT molecular complexity index is 1560. The van der Waals surface area contributed by atoms with Crippen LogP contribution >= 0.6 is 0 Å². The summed E-state index contributed by atoms with van der Waals surface area (Å²) >= 11 is 0. The molecule has 0 spiro atoms. The van der Waals surface area contributed by atoms with Crippen LogP contribution in [0.15, 0.2) is 120 Å². The molecule has 0 saturated heterocycles. The van der Waals surface area contributed by atoms with E-state index in [1.54, 1.807) is 48.8 Å². The summed E-state index contributed by atoms with van der Waals surface area (Å²) in [4.78, 5) is 26.9. The van der Waals surface area contributed by atoms with Crippen molar-refractivity contribution in [2.75, 3.05) is 0 Å². The SMILES string of the molecule is O=C1C(NS(=O)(=O)c2ccccc2)=C([n+]2ccc(Cc3ccccc3)cc2)C(=O)c2ccccc21. The van der Waals surface area contributed by atoms with Crippen LogP contribution < -0.4 is 9.29 Å². The van der Waals surface area contributed by atoms with Crippen molar-refractivity contribution in [3.05, 3.63) is 137 Å². The van der Waals surface area contributed by atoms with Gasteiger partial charge in [0.1, 0.15) is 0 Å². The highest BCUT2D eigenvalue weighted by Gasteiger charge is 2.40. The zero-order chi connectivity index (χ0) is 24.4. The summed E-state index contributed by atoms with van der Waals surface area (Å²) in [6.07, 6.45) is 4.04. The van der Waals surface area contributed by atoms with E-state index < -0.39 is 21.6 Å². The van der Waals surface area contributed by atoms with Crippen molar-refractivity contribution >= 4 is 27.3 Å². The van der Waals surface area contributed by atoms with Gasteiger partial charge in [-0.25, -0.2) is 8.42 Å². The lowest BCUT2D eigenvalue weighted by Gasteiger charge is -2.18. The Balaban J connectivity index is 1.59. The third-order valence-corrected chi connectivity index (χ3v) is 7.16. The molecule has 4 aromatic rings. The third-order valence-electron chi connectivity index (χ3n) is 5.79. The van der Waals surface area contributed by atoms with Gasteiger partial charge in [-0.3, -0.25) is 14.3 Å². The van der Waals surface area contributed by atoms with Gasteiger partial charge < -0.3 is 0 Å². The summed E-state index contributed by atoms with van der Waals surface area (Å²) in [5.41, 5.74) is 2.22. The van der Waals surface area contributed by atoms with Crippen LogP contribution in [-0.2, 0) is 16.4 Å². The van der Waals surface area contributed by atoms with Crippen molar-refractivity contribution in [2.24, 2.45) is 0 Å². The lowest BCUT2D eigenvalue weighted by molar-refractivity contribution is -0.577. The molecule has 172 valence electrons. The van der Waals surface area contributed by atoms with E-state index in [-0.39, 0.29) is 27.4 Å². The summed E-state index contributed by atoms with van der Waals surface area (Å²) in [7, 11) is -4.10. The van der Waals surface area contributed by atoms with Gasteiger partial charge in [-0.1, -0.05) is 72.8 Å². The predicted molar refractivity (Wildman–Crippen MR) is 131 cm³/mol. The molecule has 0 bridgehead atoms. The molecule has 1 heterocycles. The maximum Gasteiger partial charge on any atom is 0.287 e. The van der Waals surface area contributed by atoms with Gasteiger partial charge >= 0.3 is 0 Å². The molecule has 5 rings (SSSR count). The number of nitrogens with zero attached hydrogens (tertiary/aromatic N) is 1. The lowest BCUT2D eigenvalue weighted by atomic mass is 9.90. The number of sulfonamides is 1. The molecular weight excluding hydrogens is 460 g/mol. The van der Waals surface area contributed by atoms with E-state index in [1.165, 1.54) is 22.8 Å². The molecule has 0 atom stereocenters. The number of fused-ring (bicyclic) bond motifs is 1. The van der Waals surface area contributed by atoms with E-state index in [9.17, 15) is 18.0 Å². The molecule has 0 unspecified atom stereocenters. The smallest absolute Gasteiger partial charge is 0.287 e. The van der Waals surface area contributed by atoms with Crippen LogP contribution in [0.4, 0.5) is 0 Å². The molecule has 35 heavy (non-hydrogen) atoms. The zero-order valence-corrected chi connectivity index (χ0v) is 19.4. The average Bonchev–Trinajstić information content (AvgIpc) is 2.89. The predicted octanol–water partition coefficient (Wildman–Crippen LogP) is 3.79. The van der Waals surface area contributed by atoms with Crippen LogP contribution in [0.5, 0.6) is 0 Å². The Morgan fingerprint density at radius 2 is 1.14 bits per heavy atom. The van der Waals surface area contributed by atoms with Crippen molar-refractivity contribution in [2.45, 2.75) is 11.3 Å². The van der Waals surface area contributed by atoms with Gasteiger partial charge in [-0.05, 0) is 29.7 Å². The van der Waals surface area contributed by atoms with Gasteiger partial charge in [0.2, 0.25) is 5.78 Å². The van der Waals surface area contributed by atoms with Crippen LogP contribution in [0, 0.1) is 0 Å². The zero-order valence-electron chi connectivity index (χ0n) is 18.6. The van der Waals surface area contributed by atoms with E-state index in [0.717, 1.165) is 11.1 Å². The Morgan fingerprint density at radius 1 is 0.629 bits per heavy atom. The van der Waals surface area contributed by atoms with Crippen molar-refractivity contribution in [1.29, 1.82) is 0 Å². The minimum atomic E-state index is -4.10. The minimum absolute atomic E-state index is 0.00540. The second kappa shape index (κ2) is 9.12.